The van der Waals surface area contributed by atoms with Gasteiger partial charge in [-0.05, 0) is 61.9 Å². The van der Waals surface area contributed by atoms with Gasteiger partial charge >= 0.3 is 0 Å². The summed E-state index contributed by atoms with van der Waals surface area (Å²) < 4.78 is 1.84. The average Bonchev–Trinajstić information content (AvgIpc) is 3.18. The van der Waals surface area contributed by atoms with Gasteiger partial charge in [0, 0.05) is 29.7 Å². The second-order valence-corrected chi connectivity index (χ2v) is 10.2. The highest BCUT2D eigenvalue weighted by atomic mass is 35.5. The Bertz CT molecular complexity index is 1400. The van der Waals surface area contributed by atoms with E-state index in [1.165, 1.54) is 0 Å². The molecule has 8 heteroatoms. The second kappa shape index (κ2) is 10.2. The molecule has 1 aliphatic heterocycles. The third-order valence-electron chi connectivity index (χ3n) is 6.65. The highest BCUT2D eigenvalue weighted by Gasteiger charge is 2.34. The second-order valence-electron chi connectivity index (χ2n) is 8.90. The Balaban J connectivity index is 1.49. The molecule has 0 aliphatic carbocycles. The number of aryl methyl sites for hydroxylation is 1. The maximum Gasteiger partial charge on any atom is 0.257 e. The third-order valence-corrected chi connectivity index (χ3v) is 7.44. The van der Waals surface area contributed by atoms with Crippen LogP contribution in [-0.2, 0) is 0 Å². The summed E-state index contributed by atoms with van der Waals surface area (Å²) in [5.41, 5.74) is 5.06. The molecule has 36 heavy (non-hydrogen) atoms. The minimum Gasteiger partial charge on any atom is -0.360 e. The highest BCUT2D eigenvalue weighted by molar-refractivity contribution is 6.36. The van der Waals surface area contributed by atoms with Crippen LogP contribution in [0.5, 0.6) is 0 Å². The van der Waals surface area contributed by atoms with Crippen LogP contribution < -0.4 is 4.90 Å². The summed E-state index contributed by atoms with van der Waals surface area (Å²) in [6.45, 7) is 5.50. The van der Waals surface area contributed by atoms with E-state index in [2.05, 4.69) is 10.00 Å². The molecular weight excluding hydrogens is 515 g/mol. The van der Waals surface area contributed by atoms with Crippen LogP contribution in [0.2, 0.25) is 15.1 Å². The third kappa shape index (κ3) is 4.71. The van der Waals surface area contributed by atoms with Crippen LogP contribution in [0, 0.1) is 13.8 Å². The molecule has 1 fully saturated rings. The Kier molecular flexibility index (Phi) is 6.98. The lowest BCUT2D eigenvalue weighted by Gasteiger charge is -2.43. The molecular formula is C28H25Cl3N4O. The first kappa shape index (κ1) is 24.7. The molecule has 0 radical (unpaired) electrons. The Morgan fingerprint density at radius 3 is 2.28 bits per heavy atom. The zero-order chi connectivity index (χ0) is 25.4. The smallest absolute Gasteiger partial charge is 0.257 e. The fourth-order valence-electron chi connectivity index (χ4n) is 4.87. The zero-order valence-corrected chi connectivity index (χ0v) is 22.2. The minimum atomic E-state index is -0.108. The van der Waals surface area contributed by atoms with E-state index in [1.54, 1.807) is 6.07 Å². The average molecular weight is 540 g/mol. The first-order valence-corrected chi connectivity index (χ1v) is 12.8. The number of para-hydroxylation sites is 1. The number of rotatable bonds is 4. The Morgan fingerprint density at radius 1 is 0.889 bits per heavy atom. The molecule has 5 nitrogen and oxygen atoms in total. The van der Waals surface area contributed by atoms with E-state index in [-0.39, 0.29) is 11.9 Å². The quantitative estimate of drug-likeness (QED) is 0.276. The van der Waals surface area contributed by atoms with Crippen molar-refractivity contribution in [3.63, 3.8) is 0 Å². The van der Waals surface area contributed by atoms with Crippen LogP contribution in [0.15, 0.2) is 72.8 Å². The van der Waals surface area contributed by atoms with E-state index in [1.807, 2.05) is 90.2 Å². The van der Waals surface area contributed by atoms with Crippen molar-refractivity contribution in [1.29, 1.82) is 0 Å². The number of amides is 1. The molecule has 0 saturated carbocycles. The molecule has 1 aliphatic rings. The van der Waals surface area contributed by atoms with Gasteiger partial charge in [-0.1, -0.05) is 65.1 Å². The molecule has 5 rings (SSSR count). The summed E-state index contributed by atoms with van der Waals surface area (Å²) in [7, 11) is 0. The predicted molar refractivity (Wildman–Crippen MR) is 147 cm³/mol. The monoisotopic (exact) mass is 538 g/mol. The summed E-state index contributed by atoms with van der Waals surface area (Å²) in [4.78, 5) is 18.0. The van der Waals surface area contributed by atoms with Crippen LogP contribution in [0.3, 0.4) is 0 Å². The maximum atomic E-state index is 13.9. The predicted octanol–water partition coefficient (Wildman–Crippen LogP) is 7.15. The lowest BCUT2D eigenvalue weighted by atomic mass is 10.00. The first-order valence-electron chi connectivity index (χ1n) is 11.7. The van der Waals surface area contributed by atoms with Gasteiger partial charge in [-0.2, -0.15) is 5.10 Å². The molecule has 3 aromatic carbocycles. The van der Waals surface area contributed by atoms with Crippen molar-refractivity contribution in [1.82, 2.24) is 14.7 Å². The van der Waals surface area contributed by atoms with Gasteiger partial charge in [0.15, 0.2) is 0 Å². The summed E-state index contributed by atoms with van der Waals surface area (Å²) in [6, 6.07) is 23.0. The fourth-order valence-corrected chi connectivity index (χ4v) is 5.51. The van der Waals surface area contributed by atoms with Crippen LogP contribution in [0.25, 0.3) is 5.69 Å². The van der Waals surface area contributed by atoms with Gasteiger partial charge in [0.25, 0.3) is 5.91 Å². The molecule has 184 valence electrons. The number of benzene rings is 3. The number of piperazine rings is 1. The summed E-state index contributed by atoms with van der Waals surface area (Å²) in [6.07, 6.45) is 0. The summed E-state index contributed by atoms with van der Waals surface area (Å²) in [5, 5.41) is 6.51. The topological polar surface area (TPSA) is 41.4 Å². The Labute approximate surface area is 225 Å². The number of hydrogen-bond donors (Lipinski definition) is 0. The standard InChI is InChI=1S/C28H25Cl3N4O/c1-18-27(19(2)35(32-18)23-6-4-3-5-7-23)28(36)33-14-15-34(25-13-12-22(30)16-24(25)31)26(17-33)20-8-10-21(29)11-9-20/h3-13,16,26H,14-15,17H2,1-2H3. The van der Waals surface area contributed by atoms with E-state index in [4.69, 9.17) is 34.8 Å². The maximum absolute atomic E-state index is 13.9. The van der Waals surface area contributed by atoms with Crippen LogP contribution in [0.1, 0.15) is 33.4 Å². The van der Waals surface area contributed by atoms with Crippen molar-refractivity contribution < 1.29 is 4.79 Å². The number of halogens is 3. The van der Waals surface area contributed by atoms with E-state index in [9.17, 15) is 4.79 Å². The van der Waals surface area contributed by atoms with E-state index < -0.39 is 0 Å². The number of carbonyl (C=O) groups is 1. The molecule has 1 unspecified atom stereocenters. The highest BCUT2D eigenvalue weighted by Crippen LogP contribution is 2.37. The number of aromatic nitrogens is 2. The van der Waals surface area contributed by atoms with Gasteiger partial charge in [0.1, 0.15) is 0 Å². The number of nitrogens with zero attached hydrogens (tertiary/aromatic N) is 4. The van der Waals surface area contributed by atoms with Gasteiger partial charge < -0.3 is 9.80 Å². The molecule has 1 aromatic heterocycles. The van der Waals surface area contributed by atoms with Crippen molar-refractivity contribution in [2.24, 2.45) is 0 Å². The molecule has 0 spiro atoms. The minimum absolute atomic E-state index is 0.0204. The number of anilines is 1. The molecule has 1 saturated heterocycles. The molecule has 4 aromatic rings. The Morgan fingerprint density at radius 2 is 1.58 bits per heavy atom. The van der Waals surface area contributed by atoms with Gasteiger partial charge in [-0.3, -0.25) is 4.79 Å². The van der Waals surface area contributed by atoms with Crippen molar-refractivity contribution in [2.75, 3.05) is 24.5 Å². The van der Waals surface area contributed by atoms with E-state index in [0.29, 0.717) is 46.0 Å². The SMILES string of the molecule is Cc1nn(-c2ccccc2)c(C)c1C(=O)N1CCN(c2ccc(Cl)cc2Cl)C(c2ccc(Cl)cc2)C1. The van der Waals surface area contributed by atoms with Crippen LogP contribution in [0.4, 0.5) is 5.69 Å². The largest absolute Gasteiger partial charge is 0.360 e. The molecule has 1 atom stereocenters. The van der Waals surface area contributed by atoms with Crippen molar-refractivity contribution in [3.8, 4) is 5.69 Å². The number of hydrogen-bond acceptors (Lipinski definition) is 3. The first-order chi connectivity index (χ1) is 17.3. The van der Waals surface area contributed by atoms with E-state index >= 15 is 0 Å². The van der Waals surface area contributed by atoms with Gasteiger partial charge in [-0.15, -0.1) is 0 Å². The van der Waals surface area contributed by atoms with Crippen LogP contribution >= 0.6 is 34.8 Å². The van der Waals surface area contributed by atoms with Gasteiger partial charge in [0.2, 0.25) is 0 Å². The number of carbonyl (C=O) groups excluding carboxylic acids is 1. The molecule has 2 heterocycles. The fraction of sp³-hybridized carbons (Fsp3) is 0.214. The Hall–Kier alpha value is -2.99. The van der Waals surface area contributed by atoms with Gasteiger partial charge in [0.05, 0.1) is 39.4 Å². The van der Waals surface area contributed by atoms with Crippen molar-refractivity contribution in [2.45, 2.75) is 19.9 Å². The lowest BCUT2D eigenvalue weighted by Crippen LogP contribution is -2.51. The van der Waals surface area contributed by atoms with E-state index in [0.717, 1.165) is 22.6 Å². The lowest BCUT2D eigenvalue weighted by molar-refractivity contribution is 0.0720. The normalized spacial score (nSPS) is 15.9. The zero-order valence-electron chi connectivity index (χ0n) is 20.0. The molecule has 1 amide bonds. The molecule has 0 bridgehead atoms. The van der Waals surface area contributed by atoms with Gasteiger partial charge in [-0.25, -0.2) is 4.68 Å². The molecule has 0 N–H and O–H groups in total. The van der Waals surface area contributed by atoms with Crippen molar-refractivity contribution >= 4 is 46.4 Å². The van der Waals surface area contributed by atoms with Crippen molar-refractivity contribution in [3.05, 3.63) is 110 Å². The summed E-state index contributed by atoms with van der Waals surface area (Å²) >= 11 is 18.9. The van der Waals surface area contributed by atoms with Crippen LogP contribution in [-0.4, -0.2) is 40.2 Å². The summed E-state index contributed by atoms with van der Waals surface area (Å²) in [5.74, 6) is -0.0204.